The maximum Gasteiger partial charge on any atom is 0.307 e. The van der Waals surface area contributed by atoms with Gasteiger partial charge in [0.05, 0.1) is 26.2 Å². The van der Waals surface area contributed by atoms with Crippen molar-refractivity contribution in [1.29, 1.82) is 0 Å². The van der Waals surface area contributed by atoms with Crippen molar-refractivity contribution in [3.05, 3.63) is 59.9 Å². The summed E-state index contributed by atoms with van der Waals surface area (Å²) in [5, 5.41) is 0.959. The summed E-state index contributed by atoms with van der Waals surface area (Å²) in [6, 6.07) is 13.9. The van der Waals surface area contributed by atoms with E-state index in [0.29, 0.717) is 13.1 Å². The first-order chi connectivity index (χ1) is 14.6. The van der Waals surface area contributed by atoms with Crippen LogP contribution in [0.4, 0.5) is 0 Å². The van der Waals surface area contributed by atoms with E-state index in [9.17, 15) is 9.59 Å². The molecule has 2 aromatic carbocycles. The van der Waals surface area contributed by atoms with Crippen molar-refractivity contribution in [3.63, 3.8) is 0 Å². The summed E-state index contributed by atoms with van der Waals surface area (Å²) in [4.78, 5) is 26.6. The summed E-state index contributed by atoms with van der Waals surface area (Å²) in [7, 11) is 1.38. The van der Waals surface area contributed by atoms with Gasteiger partial charge >= 0.3 is 5.97 Å². The molecule has 156 valence electrons. The lowest BCUT2D eigenvalue weighted by atomic mass is 9.97. The highest BCUT2D eigenvalue weighted by Gasteiger charge is 2.30. The highest BCUT2D eigenvalue weighted by molar-refractivity contribution is 5.94. The van der Waals surface area contributed by atoms with Gasteiger partial charge in [-0.25, -0.2) is 0 Å². The third-order valence-corrected chi connectivity index (χ3v) is 5.77. The van der Waals surface area contributed by atoms with E-state index >= 15 is 0 Å². The molecule has 0 spiro atoms. The number of hydrogen-bond acceptors (Lipinski definition) is 5. The topological polar surface area (TPSA) is 85.8 Å². The molecule has 2 heterocycles. The van der Waals surface area contributed by atoms with E-state index in [1.807, 2.05) is 41.3 Å². The minimum absolute atomic E-state index is 0.0332. The van der Waals surface area contributed by atoms with Crippen LogP contribution in [0.5, 0.6) is 0 Å². The third kappa shape index (κ3) is 4.09. The van der Waals surface area contributed by atoms with Gasteiger partial charge in [-0.05, 0) is 53.8 Å². The Balaban J connectivity index is 1.62. The van der Waals surface area contributed by atoms with Crippen molar-refractivity contribution < 1.29 is 18.7 Å². The van der Waals surface area contributed by atoms with Gasteiger partial charge in [-0.1, -0.05) is 18.2 Å². The molecule has 0 aliphatic carbocycles. The summed E-state index contributed by atoms with van der Waals surface area (Å²) in [6.45, 7) is 1.14. The molecule has 1 aliphatic heterocycles. The SMILES string of the molecule is COC(=O)CC1CCCN1C(=O)Cc1cc(-c2cccc(CN)c2)c2occc2c1. The van der Waals surface area contributed by atoms with E-state index in [2.05, 4.69) is 6.07 Å². The second kappa shape index (κ2) is 8.71. The fraction of sp³-hybridized carbons (Fsp3) is 0.333. The fourth-order valence-corrected chi connectivity index (χ4v) is 4.25. The minimum atomic E-state index is -0.276. The molecular formula is C24H26N2O4. The number of nitrogens with zero attached hydrogens (tertiary/aromatic N) is 1. The molecule has 2 N–H and O–H groups in total. The van der Waals surface area contributed by atoms with Crippen LogP contribution in [0.1, 0.15) is 30.4 Å². The zero-order chi connectivity index (χ0) is 21.1. The van der Waals surface area contributed by atoms with Crippen molar-refractivity contribution in [2.75, 3.05) is 13.7 Å². The van der Waals surface area contributed by atoms with Crippen LogP contribution in [0.3, 0.4) is 0 Å². The summed E-state index contributed by atoms with van der Waals surface area (Å²) in [6.07, 6.45) is 3.94. The molecule has 1 aromatic heterocycles. The second-order valence-corrected chi connectivity index (χ2v) is 7.73. The van der Waals surface area contributed by atoms with Crippen molar-refractivity contribution in [3.8, 4) is 11.1 Å². The quantitative estimate of drug-likeness (QED) is 0.632. The zero-order valence-corrected chi connectivity index (χ0v) is 17.1. The Hall–Kier alpha value is -3.12. The molecule has 4 rings (SSSR count). The number of hydrogen-bond donors (Lipinski definition) is 1. The van der Waals surface area contributed by atoms with Gasteiger partial charge in [0.25, 0.3) is 0 Å². The van der Waals surface area contributed by atoms with Crippen molar-refractivity contribution >= 4 is 22.8 Å². The molecule has 0 bridgehead atoms. The van der Waals surface area contributed by atoms with Gasteiger partial charge in [0.2, 0.25) is 5.91 Å². The van der Waals surface area contributed by atoms with Gasteiger partial charge in [-0.2, -0.15) is 0 Å². The van der Waals surface area contributed by atoms with E-state index in [4.69, 9.17) is 14.9 Å². The normalized spacial score (nSPS) is 16.2. The largest absolute Gasteiger partial charge is 0.469 e. The Labute approximate surface area is 175 Å². The molecule has 6 heteroatoms. The van der Waals surface area contributed by atoms with Crippen LogP contribution in [-0.2, 0) is 27.3 Å². The van der Waals surface area contributed by atoms with Crippen molar-refractivity contribution in [1.82, 2.24) is 4.90 Å². The van der Waals surface area contributed by atoms with Crippen molar-refractivity contribution in [2.45, 2.75) is 38.3 Å². The third-order valence-electron chi connectivity index (χ3n) is 5.77. The number of furan rings is 1. The predicted octanol–water partition coefficient (Wildman–Crippen LogP) is 3.66. The van der Waals surface area contributed by atoms with Crippen LogP contribution in [0, 0.1) is 0 Å². The first-order valence-corrected chi connectivity index (χ1v) is 10.2. The Morgan fingerprint density at radius 1 is 1.20 bits per heavy atom. The molecule has 3 aromatic rings. The summed E-state index contributed by atoms with van der Waals surface area (Å²) < 4.78 is 10.5. The average molecular weight is 406 g/mol. The predicted molar refractivity (Wildman–Crippen MR) is 115 cm³/mol. The van der Waals surface area contributed by atoms with Crippen LogP contribution in [0.25, 0.3) is 22.1 Å². The number of esters is 1. The number of likely N-dealkylation sites (tertiary alicyclic amines) is 1. The molecule has 30 heavy (non-hydrogen) atoms. The number of carbonyl (C=O) groups is 2. The van der Waals surface area contributed by atoms with Gasteiger partial charge in [-0.15, -0.1) is 0 Å². The molecule has 6 nitrogen and oxygen atoms in total. The number of ether oxygens (including phenoxy) is 1. The molecule has 0 saturated carbocycles. The Kier molecular flexibility index (Phi) is 5.86. The van der Waals surface area contributed by atoms with E-state index < -0.39 is 0 Å². The summed E-state index contributed by atoms with van der Waals surface area (Å²) in [5.74, 6) is -0.243. The Bertz CT molecular complexity index is 1070. The van der Waals surface area contributed by atoms with Gasteiger partial charge in [-0.3, -0.25) is 9.59 Å². The summed E-state index contributed by atoms with van der Waals surface area (Å²) >= 11 is 0. The minimum Gasteiger partial charge on any atom is -0.469 e. The van der Waals surface area contributed by atoms with Gasteiger partial charge < -0.3 is 19.8 Å². The van der Waals surface area contributed by atoms with Crippen LogP contribution < -0.4 is 5.73 Å². The standard InChI is InChI=1S/C24H26N2O4/c1-29-23(28)14-20-6-3-8-26(20)22(27)13-17-11-19-7-9-30-24(19)21(12-17)18-5-2-4-16(10-18)15-25/h2,4-5,7,9-12,20H,3,6,8,13-15,25H2,1H3. The number of amides is 1. The van der Waals surface area contributed by atoms with Crippen LogP contribution >= 0.6 is 0 Å². The summed E-state index contributed by atoms with van der Waals surface area (Å²) in [5.41, 5.74) is 10.5. The molecule has 0 radical (unpaired) electrons. The lowest BCUT2D eigenvalue weighted by molar-refractivity contribution is -0.142. The van der Waals surface area contributed by atoms with Gasteiger partial charge in [0.15, 0.2) is 0 Å². The van der Waals surface area contributed by atoms with E-state index in [-0.39, 0.29) is 30.8 Å². The molecule has 1 aliphatic rings. The molecule has 1 atom stereocenters. The first-order valence-electron chi connectivity index (χ1n) is 10.2. The number of rotatable bonds is 6. The Morgan fingerprint density at radius 2 is 2.07 bits per heavy atom. The zero-order valence-electron chi connectivity index (χ0n) is 17.1. The maximum atomic E-state index is 13.1. The van der Waals surface area contributed by atoms with E-state index in [0.717, 1.165) is 46.1 Å². The Morgan fingerprint density at radius 3 is 2.87 bits per heavy atom. The smallest absolute Gasteiger partial charge is 0.307 e. The number of carbonyl (C=O) groups excluding carboxylic acids is 2. The van der Waals surface area contributed by atoms with Crippen LogP contribution in [0.2, 0.25) is 0 Å². The monoisotopic (exact) mass is 406 g/mol. The number of methoxy groups -OCH3 is 1. The molecular weight excluding hydrogens is 380 g/mol. The van der Waals surface area contributed by atoms with Gasteiger partial charge in [0, 0.05) is 30.1 Å². The van der Waals surface area contributed by atoms with Crippen molar-refractivity contribution in [2.24, 2.45) is 5.73 Å². The molecule has 1 unspecified atom stereocenters. The van der Waals surface area contributed by atoms with Crippen LogP contribution in [0.15, 0.2) is 53.1 Å². The first kappa shape index (κ1) is 20.2. The van der Waals surface area contributed by atoms with E-state index in [1.54, 1.807) is 6.26 Å². The lowest BCUT2D eigenvalue weighted by Crippen LogP contribution is -2.38. The highest BCUT2D eigenvalue weighted by Crippen LogP contribution is 2.32. The second-order valence-electron chi connectivity index (χ2n) is 7.73. The molecule has 1 saturated heterocycles. The van der Waals surface area contributed by atoms with E-state index in [1.165, 1.54) is 7.11 Å². The number of benzene rings is 2. The number of fused-ring (bicyclic) bond motifs is 1. The number of nitrogens with two attached hydrogens (primary N) is 1. The van der Waals surface area contributed by atoms with Crippen LogP contribution in [-0.4, -0.2) is 36.5 Å². The molecule has 1 fully saturated rings. The fourth-order valence-electron chi connectivity index (χ4n) is 4.25. The highest BCUT2D eigenvalue weighted by atomic mass is 16.5. The maximum absolute atomic E-state index is 13.1. The average Bonchev–Trinajstić information content (AvgIpc) is 3.42. The lowest BCUT2D eigenvalue weighted by Gasteiger charge is -2.24. The van der Waals surface area contributed by atoms with Gasteiger partial charge in [0.1, 0.15) is 5.58 Å². The molecule has 1 amide bonds.